The van der Waals surface area contributed by atoms with E-state index in [1.54, 1.807) is 10.9 Å². The van der Waals surface area contributed by atoms with Gasteiger partial charge in [0.1, 0.15) is 6.73 Å². The van der Waals surface area contributed by atoms with Crippen molar-refractivity contribution in [1.29, 1.82) is 0 Å². The van der Waals surface area contributed by atoms with Gasteiger partial charge in [-0.15, -0.1) is 0 Å². The van der Waals surface area contributed by atoms with Gasteiger partial charge in [0, 0.05) is 0 Å². The van der Waals surface area contributed by atoms with Crippen LogP contribution in [-0.4, -0.2) is 16.5 Å². The van der Waals surface area contributed by atoms with Crippen molar-refractivity contribution in [3.8, 4) is 11.4 Å². The Labute approximate surface area is 88.3 Å². The molecule has 0 aliphatic heterocycles. The Bertz CT molecular complexity index is 451. The van der Waals surface area contributed by atoms with Crippen LogP contribution in [0.3, 0.4) is 0 Å². The summed E-state index contributed by atoms with van der Waals surface area (Å²) >= 11 is 0. The van der Waals surface area contributed by atoms with E-state index < -0.39 is 0 Å². The molecule has 4 heteroatoms. The van der Waals surface area contributed by atoms with Gasteiger partial charge in [-0.3, -0.25) is 5.73 Å². The molecule has 78 valence electrons. The van der Waals surface area contributed by atoms with E-state index in [0.717, 1.165) is 5.69 Å². The monoisotopic (exact) mass is 203 g/mol. The molecule has 0 unspecified atom stereocenters. The molecule has 0 saturated carbocycles. The molecule has 0 fully saturated rings. The number of aryl methyl sites for hydroxylation is 1. The number of benzene rings is 1. The van der Waals surface area contributed by atoms with Gasteiger partial charge in [-0.25, -0.2) is 4.68 Å². The number of ether oxygens (including phenoxy) is 1. The fourth-order valence-electron chi connectivity index (χ4n) is 1.39. The van der Waals surface area contributed by atoms with E-state index in [1.165, 1.54) is 5.56 Å². The lowest BCUT2D eigenvalue weighted by Gasteiger charge is -2.01. The SMILES string of the molecule is Cc1cccc(-n2cc(OCN)cn2)c1. The van der Waals surface area contributed by atoms with E-state index in [0.29, 0.717) is 5.75 Å². The predicted molar refractivity (Wildman–Crippen MR) is 58.0 cm³/mol. The molecule has 2 aromatic rings. The van der Waals surface area contributed by atoms with E-state index in [1.807, 2.05) is 31.3 Å². The highest BCUT2D eigenvalue weighted by Crippen LogP contribution is 2.14. The minimum absolute atomic E-state index is 0.166. The van der Waals surface area contributed by atoms with Gasteiger partial charge in [-0.05, 0) is 24.6 Å². The molecule has 0 aliphatic carbocycles. The van der Waals surface area contributed by atoms with Gasteiger partial charge in [-0.1, -0.05) is 12.1 Å². The standard InChI is InChI=1S/C11H13N3O/c1-9-3-2-4-10(5-9)14-7-11(6-13-14)15-8-12/h2-7H,8,12H2,1H3. The lowest BCUT2D eigenvalue weighted by molar-refractivity contribution is 0.329. The first kappa shape index (κ1) is 9.73. The van der Waals surface area contributed by atoms with Gasteiger partial charge >= 0.3 is 0 Å². The van der Waals surface area contributed by atoms with Crippen molar-refractivity contribution < 1.29 is 4.74 Å². The summed E-state index contributed by atoms with van der Waals surface area (Å²) in [6.07, 6.45) is 3.46. The molecule has 15 heavy (non-hydrogen) atoms. The van der Waals surface area contributed by atoms with E-state index in [9.17, 15) is 0 Å². The number of hydrogen-bond acceptors (Lipinski definition) is 3. The number of aromatic nitrogens is 2. The fourth-order valence-corrected chi connectivity index (χ4v) is 1.39. The summed E-state index contributed by atoms with van der Waals surface area (Å²) in [5, 5.41) is 4.18. The molecule has 0 aliphatic rings. The van der Waals surface area contributed by atoms with Crippen LogP contribution in [0.5, 0.6) is 5.75 Å². The van der Waals surface area contributed by atoms with Gasteiger partial charge in [0.05, 0.1) is 18.1 Å². The number of rotatable bonds is 3. The highest BCUT2D eigenvalue weighted by Gasteiger charge is 2.00. The molecule has 4 nitrogen and oxygen atoms in total. The van der Waals surface area contributed by atoms with Gasteiger partial charge in [0.15, 0.2) is 5.75 Å². The first-order valence-corrected chi connectivity index (χ1v) is 4.74. The fraction of sp³-hybridized carbons (Fsp3) is 0.182. The molecular weight excluding hydrogens is 190 g/mol. The smallest absolute Gasteiger partial charge is 0.159 e. The minimum atomic E-state index is 0.166. The molecule has 0 amide bonds. The number of nitrogens with two attached hydrogens (primary N) is 1. The molecule has 0 radical (unpaired) electrons. The number of hydrogen-bond donors (Lipinski definition) is 1. The van der Waals surface area contributed by atoms with Crippen molar-refractivity contribution in [2.45, 2.75) is 6.92 Å². The Hall–Kier alpha value is -1.81. The van der Waals surface area contributed by atoms with Gasteiger partial charge in [0.2, 0.25) is 0 Å². The van der Waals surface area contributed by atoms with Crippen molar-refractivity contribution in [3.05, 3.63) is 42.2 Å². The third-order valence-electron chi connectivity index (χ3n) is 2.08. The molecule has 1 aromatic heterocycles. The zero-order chi connectivity index (χ0) is 10.7. The summed E-state index contributed by atoms with van der Waals surface area (Å²) in [6.45, 7) is 2.21. The topological polar surface area (TPSA) is 53.1 Å². The molecule has 0 bridgehead atoms. The maximum absolute atomic E-state index is 5.27. The molecule has 2 rings (SSSR count). The molecule has 1 heterocycles. The largest absolute Gasteiger partial charge is 0.475 e. The zero-order valence-corrected chi connectivity index (χ0v) is 8.55. The normalized spacial score (nSPS) is 10.3. The summed E-state index contributed by atoms with van der Waals surface area (Å²) in [5.74, 6) is 0.680. The third kappa shape index (κ3) is 2.16. The summed E-state index contributed by atoms with van der Waals surface area (Å²) in [7, 11) is 0. The Morgan fingerprint density at radius 3 is 3.07 bits per heavy atom. The first-order valence-electron chi connectivity index (χ1n) is 4.74. The van der Waals surface area contributed by atoms with Crippen molar-refractivity contribution in [2.75, 3.05) is 6.73 Å². The average Bonchev–Trinajstić information content (AvgIpc) is 2.67. The van der Waals surface area contributed by atoms with Crippen LogP contribution in [0.1, 0.15) is 5.56 Å². The van der Waals surface area contributed by atoms with Crippen LogP contribution in [0, 0.1) is 6.92 Å². The van der Waals surface area contributed by atoms with E-state index in [2.05, 4.69) is 11.2 Å². The highest BCUT2D eigenvalue weighted by atomic mass is 16.5. The van der Waals surface area contributed by atoms with Gasteiger partial charge in [0.25, 0.3) is 0 Å². The molecule has 2 N–H and O–H groups in total. The highest BCUT2D eigenvalue weighted by molar-refractivity contribution is 5.35. The van der Waals surface area contributed by atoms with Crippen LogP contribution in [0.15, 0.2) is 36.7 Å². The van der Waals surface area contributed by atoms with Crippen molar-refractivity contribution in [2.24, 2.45) is 5.73 Å². The second-order valence-corrected chi connectivity index (χ2v) is 3.27. The third-order valence-corrected chi connectivity index (χ3v) is 2.08. The lowest BCUT2D eigenvalue weighted by atomic mass is 10.2. The Kier molecular flexibility index (Phi) is 2.69. The molecule has 1 aromatic carbocycles. The van der Waals surface area contributed by atoms with E-state index in [4.69, 9.17) is 10.5 Å². The summed E-state index contributed by atoms with van der Waals surface area (Å²) < 4.78 is 6.89. The summed E-state index contributed by atoms with van der Waals surface area (Å²) in [6, 6.07) is 8.09. The Morgan fingerprint density at radius 1 is 1.47 bits per heavy atom. The summed E-state index contributed by atoms with van der Waals surface area (Å²) in [5.41, 5.74) is 7.49. The van der Waals surface area contributed by atoms with E-state index >= 15 is 0 Å². The second-order valence-electron chi connectivity index (χ2n) is 3.27. The molecule has 0 spiro atoms. The van der Waals surface area contributed by atoms with Crippen molar-refractivity contribution in [3.63, 3.8) is 0 Å². The number of nitrogens with zero attached hydrogens (tertiary/aromatic N) is 2. The second kappa shape index (κ2) is 4.14. The molecule has 0 atom stereocenters. The van der Waals surface area contributed by atoms with Crippen molar-refractivity contribution in [1.82, 2.24) is 9.78 Å². The van der Waals surface area contributed by atoms with Crippen LogP contribution in [-0.2, 0) is 0 Å². The summed E-state index contributed by atoms with van der Waals surface area (Å²) in [4.78, 5) is 0. The van der Waals surface area contributed by atoms with Crippen molar-refractivity contribution >= 4 is 0 Å². The van der Waals surface area contributed by atoms with Crippen LogP contribution in [0.4, 0.5) is 0 Å². The maximum Gasteiger partial charge on any atom is 0.159 e. The average molecular weight is 203 g/mol. The lowest BCUT2D eigenvalue weighted by Crippen LogP contribution is -2.06. The van der Waals surface area contributed by atoms with Crippen LogP contribution >= 0.6 is 0 Å². The van der Waals surface area contributed by atoms with Gasteiger partial charge in [-0.2, -0.15) is 5.10 Å². The first-order chi connectivity index (χ1) is 7.29. The van der Waals surface area contributed by atoms with Crippen LogP contribution < -0.4 is 10.5 Å². The Morgan fingerprint density at radius 2 is 2.33 bits per heavy atom. The maximum atomic E-state index is 5.27. The predicted octanol–water partition coefficient (Wildman–Crippen LogP) is 1.48. The van der Waals surface area contributed by atoms with E-state index in [-0.39, 0.29) is 6.73 Å². The molecular formula is C11H13N3O. The Balaban J connectivity index is 2.29. The zero-order valence-electron chi connectivity index (χ0n) is 8.55. The minimum Gasteiger partial charge on any atom is -0.475 e. The quantitative estimate of drug-likeness (QED) is 0.769. The molecule has 0 saturated heterocycles. The van der Waals surface area contributed by atoms with Gasteiger partial charge < -0.3 is 4.74 Å². The van der Waals surface area contributed by atoms with Crippen LogP contribution in [0.25, 0.3) is 5.69 Å². The van der Waals surface area contributed by atoms with Crippen LogP contribution in [0.2, 0.25) is 0 Å².